The molecule has 1 N–H and O–H groups in total. The van der Waals surface area contributed by atoms with Crippen molar-refractivity contribution < 1.29 is 9.59 Å². The minimum atomic E-state index is -0.0492. The molecule has 1 heterocycles. The average Bonchev–Trinajstić information content (AvgIpc) is 2.57. The van der Waals surface area contributed by atoms with Crippen LogP contribution in [0.2, 0.25) is 0 Å². The summed E-state index contributed by atoms with van der Waals surface area (Å²) in [7, 11) is 0. The van der Waals surface area contributed by atoms with E-state index >= 15 is 0 Å². The third kappa shape index (κ3) is 4.64. The molecule has 2 aromatic rings. The molecule has 1 aromatic carbocycles. The topological polar surface area (TPSA) is 72.0 Å². The second-order valence-electron chi connectivity index (χ2n) is 5.49. The first-order valence-electron chi connectivity index (χ1n) is 7.78. The number of thioether (sulfide) groups is 1. The van der Waals surface area contributed by atoms with Crippen molar-refractivity contribution in [2.45, 2.75) is 39.3 Å². The van der Waals surface area contributed by atoms with Gasteiger partial charge in [0, 0.05) is 29.1 Å². The lowest BCUT2D eigenvalue weighted by atomic mass is 10.1. The zero-order valence-corrected chi connectivity index (χ0v) is 15.2. The predicted octanol–water partition coefficient (Wildman–Crippen LogP) is 3.73. The molecule has 0 aliphatic heterocycles. The first kappa shape index (κ1) is 18.1. The molecule has 0 radical (unpaired) electrons. The van der Waals surface area contributed by atoms with Gasteiger partial charge in [0.25, 0.3) is 0 Å². The number of carbonyl (C=O) groups excluding carboxylic acids is 2. The lowest BCUT2D eigenvalue weighted by Gasteiger charge is -2.07. The fourth-order valence-corrected chi connectivity index (χ4v) is 2.84. The highest BCUT2D eigenvalue weighted by atomic mass is 32.2. The molecule has 1 aromatic heterocycles. The van der Waals surface area contributed by atoms with Gasteiger partial charge in [0.1, 0.15) is 0 Å². The quantitative estimate of drug-likeness (QED) is 0.491. The van der Waals surface area contributed by atoms with Gasteiger partial charge in [-0.1, -0.05) is 18.7 Å². The van der Waals surface area contributed by atoms with Gasteiger partial charge in [-0.05, 0) is 50.6 Å². The molecule has 5 nitrogen and oxygen atoms in total. The second kappa shape index (κ2) is 8.06. The summed E-state index contributed by atoms with van der Waals surface area (Å²) < 4.78 is 0. The Bertz CT molecular complexity index is 734. The number of nitrogens with one attached hydrogen (secondary N) is 1. The Kier molecular flexibility index (Phi) is 6.09. The number of amides is 1. The highest BCUT2D eigenvalue weighted by Crippen LogP contribution is 2.19. The highest BCUT2D eigenvalue weighted by Gasteiger charge is 2.10. The standard InChI is InChI=1S/C18H21N3O2S/c1-5-17(23)21-15-8-6-14(7-9-15)16(22)10-24-18-19-12(3)11(2)13(4)20-18/h6-9H,5,10H2,1-4H3,(H,21,23). The van der Waals surface area contributed by atoms with Crippen LogP contribution in [0.3, 0.4) is 0 Å². The Balaban J connectivity index is 1.98. The minimum Gasteiger partial charge on any atom is -0.326 e. The molecule has 0 atom stereocenters. The Morgan fingerprint density at radius 1 is 1.04 bits per heavy atom. The number of ketones is 1. The maximum atomic E-state index is 12.3. The summed E-state index contributed by atoms with van der Waals surface area (Å²) >= 11 is 1.34. The number of aromatic nitrogens is 2. The number of Topliss-reactive ketones (excluding diaryl/α,β-unsaturated/α-hetero) is 1. The number of nitrogens with zero attached hydrogens (tertiary/aromatic N) is 2. The van der Waals surface area contributed by atoms with Crippen molar-refractivity contribution >= 4 is 29.1 Å². The Labute approximate surface area is 146 Å². The van der Waals surface area contributed by atoms with Crippen molar-refractivity contribution in [2.24, 2.45) is 0 Å². The van der Waals surface area contributed by atoms with Gasteiger partial charge in [-0.2, -0.15) is 0 Å². The average molecular weight is 343 g/mol. The predicted molar refractivity (Wildman–Crippen MR) is 96.7 cm³/mol. The van der Waals surface area contributed by atoms with E-state index in [1.807, 2.05) is 20.8 Å². The maximum Gasteiger partial charge on any atom is 0.224 e. The van der Waals surface area contributed by atoms with E-state index in [0.29, 0.717) is 22.8 Å². The molecule has 0 spiro atoms. The molecular weight excluding hydrogens is 322 g/mol. The smallest absolute Gasteiger partial charge is 0.224 e. The number of benzene rings is 1. The van der Waals surface area contributed by atoms with Crippen LogP contribution in [-0.4, -0.2) is 27.4 Å². The summed E-state index contributed by atoms with van der Waals surface area (Å²) in [4.78, 5) is 32.4. The zero-order chi connectivity index (χ0) is 17.7. The molecule has 0 aliphatic carbocycles. The lowest BCUT2D eigenvalue weighted by molar-refractivity contribution is -0.115. The van der Waals surface area contributed by atoms with Gasteiger partial charge < -0.3 is 5.32 Å². The number of carbonyl (C=O) groups is 2. The summed E-state index contributed by atoms with van der Waals surface area (Å²) in [5.74, 6) is 0.238. The van der Waals surface area contributed by atoms with Crippen LogP contribution >= 0.6 is 11.8 Å². The molecule has 0 unspecified atom stereocenters. The first-order valence-corrected chi connectivity index (χ1v) is 8.77. The van der Waals surface area contributed by atoms with Gasteiger partial charge in [0.2, 0.25) is 5.91 Å². The van der Waals surface area contributed by atoms with E-state index in [0.717, 1.165) is 17.0 Å². The van der Waals surface area contributed by atoms with Gasteiger partial charge in [-0.15, -0.1) is 0 Å². The molecule has 0 aliphatic rings. The summed E-state index contributed by atoms with van der Waals surface area (Å²) in [6, 6.07) is 6.92. The monoisotopic (exact) mass is 343 g/mol. The van der Waals surface area contributed by atoms with Crippen LogP contribution in [0.25, 0.3) is 0 Å². The van der Waals surface area contributed by atoms with Crippen molar-refractivity contribution in [1.29, 1.82) is 0 Å². The summed E-state index contributed by atoms with van der Waals surface area (Å²) in [6.07, 6.45) is 0.423. The van der Waals surface area contributed by atoms with Crippen molar-refractivity contribution in [3.63, 3.8) is 0 Å². The van der Waals surface area contributed by atoms with Crippen LogP contribution in [0.1, 0.15) is 40.7 Å². The van der Waals surface area contributed by atoms with E-state index in [-0.39, 0.29) is 17.4 Å². The van der Waals surface area contributed by atoms with Gasteiger partial charge in [0.15, 0.2) is 10.9 Å². The summed E-state index contributed by atoms with van der Waals surface area (Å²) in [5, 5.41) is 3.38. The minimum absolute atomic E-state index is 0.00727. The van der Waals surface area contributed by atoms with E-state index in [2.05, 4.69) is 15.3 Å². The van der Waals surface area contributed by atoms with E-state index < -0.39 is 0 Å². The third-order valence-electron chi connectivity index (χ3n) is 3.76. The lowest BCUT2D eigenvalue weighted by Crippen LogP contribution is -2.10. The number of hydrogen-bond acceptors (Lipinski definition) is 5. The van der Waals surface area contributed by atoms with Crippen molar-refractivity contribution in [3.05, 3.63) is 46.8 Å². The fraction of sp³-hybridized carbons (Fsp3) is 0.333. The van der Waals surface area contributed by atoms with Crippen molar-refractivity contribution in [1.82, 2.24) is 9.97 Å². The molecule has 0 fully saturated rings. The molecule has 1 amide bonds. The normalized spacial score (nSPS) is 10.5. The largest absolute Gasteiger partial charge is 0.326 e. The molecule has 2 rings (SSSR count). The zero-order valence-electron chi connectivity index (χ0n) is 14.3. The second-order valence-corrected chi connectivity index (χ2v) is 6.44. The Hall–Kier alpha value is -2.21. The van der Waals surface area contributed by atoms with Crippen LogP contribution in [0, 0.1) is 20.8 Å². The van der Waals surface area contributed by atoms with Crippen LogP contribution in [-0.2, 0) is 4.79 Å². The van der Waals surface area contributed by atoms with Crippen LogP contribution in [0.5, 0.6) is 0 Å². The number of aryl methyl sites for hydroxylation is 2. The molecule has 0 bridgehead atoms. The van der Waals surface area contributed by atoms with E-state index in [1.165, 1.54) is 11.8 Å². The van der Waals surface area contributed by atoms with Crippen molar-refractivity contribution in [3.8, 4) is 0 Å². The SMILES string of the molecule is CCC(=O)Nc1ccc(C(=O)CSc2nc(C)c(C)c(C)n2)cc1. The molecule has 24 heavy (non-hydrogen) atoms. The Morgan fingerprint density at radius 3 is 2.17 bits per heavy atom. The van der Waals surface area contributed by atoms with Crippen LogP contribution in [0.15, 0.2) is 29.4 Å². The van der Waals surface area contributed by atoms with E-state index in [1.54, 1.807) is 31.2 Å². The number of hydrogen-bond donors (Lipinski definition) is 1. The third-order valence-corrected chi connectivity index (χ3v) is 4.60. The molecule has 0 saturated carbocycles. The van der Waals surface area contributed by atoms with Crippen LogP contribution < -0.4 is 5.32 Å². The highest BCUT2D eigenvalue weighted by molar-refractivity contribution is 7.99. The number of rotatable bonds is 6. The molecule has 0 saturated heterocycles. The van der Waals surface area contributed by atoms with Gasteiger partial charge >= 0.3 is 0 Å². The molecule has 6 heteroatoms. The molecular formula is C18H21N3O2S. The van der Waals surface area contributed by atoms with Gasteiger partial charge in [0.05, 0.1) is 5.75 Å². The van der Waals surface area contributed by atoms with E-state index in [9.17, 15) is 9.59 Å². The van der Waals surface area contributed by atoms with Crippen LogP contribution in [0.4, 0.5) is 5.69 Å². The summed E-state index contributed by atoms with van der Waals surface area (Å²) in [6.45, 7) is 7.67. The Morgan fingerprint density at radius 2 is 1.62 bits per heavy atom. The van der Waals surface area contributed by atoms with Crippen molar-refractivity contribution in [2.75, 3.05) is 11.1 Å². The fourth-order valence-electron chi connectivity index (χ4n) is 2.01. The van der Waals surface area contributed by atoms with Gasteiger partial charge in [-0.3, -0.25) is 9.59 Å². The van der Waals surface area contributed by atoms with Gasteiger partial charge in [-0.25, -0.2) is 9.97 Å². The summed E-state index contributed by atoms with van der Waals surface area (Å²) in [5.41, 5.74) is 4.26. The molecule has 126 valence electrons. The van der Waals surface area contributed by atoms with E-state index in [4.69, 9.17) is 0 Å². The maximum absolute atomic E-state index is 12.3. The number of anilines is 1. The first-order chi connectivity index (χ1) is 11.4.